The largest absolute Gasteiger partial charge is 0.497 e. The monoisotopic (exact) mass is 452 g/mol. The zero-order valence-corrected chi connectivity index (χ0v) is 19.2. The highest BCUT2D eigenvalue weighted by molar-refractivity contribution is 5.96. The molecule has 170 valence electrons. The number of aryl methyl sites for hydroxylation is 1. The molecule has 0 saturated carbocycles. The van der Waals surface area contributed by atoms with Gasteiger partial charge in [0.05, 0.1) is 30.0 Å². The van der Waals surface area contributed by atoms with Crippen LogP contribution in [0.1, 0.15) is 21.5 Å². The van der Waals surface area contributed by atoms with Crippen molar-refractivity contribution in [3.05, 3.63) is 89.9 Å². The summed E-state index contributed by atoms with van der Waals surface area (Å²) in [5.74, 6) is 1.85. The van der Waals surface area contributed by atoms with Crippen LogP contribution in [0, 0.1) is 6.92 Å². The molecule has 34 heavy (non-hydrogen) atoms. The summed E-state index contributed by atoms with van der Waals surface area (Å²) in [6, 6.07) is 19.0. The van der Waals surface area contributed by atoms with Crippen molar-refractivity contribution in [2.75, 3.05) is 7.11 Å². The highest BCUT2D eigenvalue weighted by Gasteiger charge is 2.14. The summed E-state index contributed by atoms with van der Waals surface area (Å²) in [6.07, 6.45) is 3.48. The molecule has 7 heteroatoms. The van der Waals surface area contributed by atoms with Crippen LogP contribution in [-0.2, 0) is 13.6 Å². The highest BCUT2D eigenvalue weighted by Crippen LogP contribution is 2.33. The maximum Gasteiger partial charge on any atom is 0.251 e. The van der Waals surface area contributed by atoms with Crippen molar-refractivity contribution in [2.45, 2.75) is 13.5 Å². The molecular weight excluding hydrogens is 428 g/mol. The van der Waals surface area contributed by atoms with Gasteiger partial charge in [-0.25, -0.2) is 4.98 Å². The van der Waals surface area contributed by atoms with Gasteiger partial charge in [0.1, 0.15) is 17.2 Å². The zero-order valence-electron chi connectivity index (χ0n) is 19.2. The van der Waals surface area contributed by atoms with E-state index in [-0.39, 0.29) is 5.91 Å². The number of carbonyl (C=O) groups excluding carboxylic acids is 1. The molecule has 5 aromatic rings. The van der Waals surface area contributed by atoms with Crippen LogP contribution in [0.2, 0.25) is 0 Å². The fraction of sp³-hybridized carbons (Fsp3) is 0.148. The van der Waals surface area contributed by atoms with Crippen molar-refractivity contribution >= 4 is 27.8 Å². The summed E-state index contributed by atoms with van der Waals surface area (Å²) < 4.78 is 13.5. The molecule has 3 aromatic carbocycles. The van der Waals surface area contributed by atoms with Crippen LogP contribution in [0.3, 0.4) is 0 Å². The van der Waals surface area contributed by atoms with E-state index in [0.29, 0.717) is 23.6 Å². The van der Waals surface area contributed by atoms with E-state index in [2.05, 4.69) is 15.3 Å². The van der Waals surface area contributed by atoms with Gasteiger partial charge in [-0.2, -0.15) is 0 Å². The van der Waals surface area contributed by atoms with E-state index in [9.17, 15) is 4.79 Å². The third-order valence-electron chi connectivity index (χ3n) is 5.90. The van der Waals surface area contributed by atoms with E-state index < -0.39 is 0 Å². The quantitative estimate of drug-likeness (QED) is 0.385. The van der Waals surface area contributed by atoms with E-state index in [1.54, 1.807) is 25.7 Å². The Morgan fingerprint density at radius 1 is 1.00 bits per heavy atom. The maximum absolute atomic E-state index is 13.0. The van der Waals surface area contributed by atoms with Crippen molar-refractivity contribution in [3.8, 4) is 17.2 Å². The zero-order chi connectivity index (χ0) is 23.7. The number of fused-ring (bicyclic) bond motifs is 2. The second-order valence-electron chi connectivity index (χ2n) is 8.08. The third-order valence-corrected chi connectivity index (χ3v) is 5.90. The Bertz CT molecular complexity index is 1520. The number of aromatic nitrogens is 3. The number of imidazole rings is 1. The smallest absolute Gasteiger partial charge is 0.251 e. The predicted molar refractivity (Wildman–Crippen MR) is 131 cm³/mol. The lowest BCUT2D eigenvalue weighted by Crippen LogP contribution is -2.23. The van der Waals surface area contributed by atoms with Crippen LogP contribution >= 0.6 is 0 Å². The van der Waals surface area contributed by atoms with Gasteiger partial charge < -0.3 is 19.4 Å². The first kappa shape index (κ1) is 21.5. The minimum absolute atomic E-state index is 0.159. The van der Waals surface area contributed by atoms with Crippen molar-refractivity contribution in [2.24, 2.45) is 7.05 Å². The number of benzene rings is 3. The van der Waals surface area contributed by atoms with Gasteiger partial charge >= 0.3 is 0 Å². The van der Waals surface area contributed by atoms with Gasteiger partial charge in [-0.15, -0.1) is 0 Å². The lowest BCUT2D eigenvalue weighted by Gasteiger charge is -2.14. The molecule has 0 fully saturated rings. The number of nitrogens with zero attached hydrogens (tertiary/aromatic N) is 3. The minimum atomic E-state index is -0.159. The van der Waals surface area contributed by atoms with Gasteiger partial charge in [0.15, 0.2) is 0 Å². The molecule has 2 aromatic heterocycles. The predicted octanol–water partition coefficient (Wildman–Crippen LogP) is 5.16. The molecule has 0 bridgehead atoms. The summed E-state index contributed by atoms with van der Waals surface area (Å²) in [7, 11) is 3.58. The lowest BCUT2D eigenvalue weighted by atomic mass is 10.1. The average Bonchev–Trinajstić information content (AvgIpc) is 3.23. The second kappa shape index (κ2) is 8.86. The van der Waals surface area contributed by atoms with Crippen molar-refractivity contribution in [1.29, 1.82) is 0 Å². The molecule has 1 amide bonds. The van der Waals surface area contributed by atoms with E-state index in [1.165, 1.54) is 0 Å². The number of rotatable bonds is 6. The summed E-state index contributed by atoms with van der Waals surface area (Å²) in [5, 5.41) is 3.87. The molecule has 0 aliphatic carbocycles. The molecule has 5 rings (SSSR count). The summed E-state index contributed by atoms with van der Waals surface area (Å²) in [4.78, 5) is 21.8. The van der Waals surface area contributed by atoms with Gasteiger partial charge in [0, 0.05) is 42.4 Å². The van der Waals surface area contributed by atoms with E-state index in [4.69, 9.17) is 9.47 Å². The number of ether oxygens (including phenoxy) is 2. The number of hydrogen-bond acceptors (Lipinski definition) is 5. The number of hydrogen-bond donors (Lipinski definition) is 1. The molecule has 0 aliphatic rings. The van der Waals surface area contributed by atoms with Gasteiger partial charge in [-0.3, -0.25) is 9.78 Å². The van der Waals surface area contributed by atoms with Crippen molar-refractivity contribution in [3.63, 3.8) is 0 Å². The van der Waals surface area contributed by atoms with Crippen LogP contribution in [0.5, 0.6) is 17.2 Å². The van der Waals surface area contributed by atoms with Crippen molar-refractivity contribution in [1.82, 2.24) is 19.9 Å². The summed E-state index contributed by atoms with van der Waals surface area (Å²) in [6.45, 7) is 2.29. The minimum Gasteiger partial charge on any atom is -0.497 e. The molecule has 0 spiro atoms. The Kier molecular flexibility index (Phi) is 5.59. The van der Waals surface area contributed by atoms with Crippen LogP contribution < -0.4 is 14.8 Å². The molecule has 0 atom stereocenters. The molecule has 1 N–H and O–H groups in total. The summed E-state index contributed by atoms with van der Waals surface area (Å²) in [5.41, 5.74) is 5.05. The van der Waals surface area contributed by atoms with Crippen LogP contribution in [-0.4, -0.2) is 27.6 Å². The molecule has 0 unspecified atom stereocenters. The highest BCUT2D eigenvalue weighted by atomic mass is 16.5. The Morgan fingerprint density at radius 2 is 1.88 bits per heavy atom. The lowest BCUT2D eigenvalue weighted by molar-refractivity contribution is 0.0950. The standard InChI is InChI=1S/C27H24N4O3/c1-17-20(27(32)29-15-18-7-10-24-23(13-18)30-16-31(24)2)5-4-6-25(17)34-26-11-12-28-22-14-19(33-3)8-9-21(22)26/h4-14,16H,15H2,1-3H3,(H,29,32). The first-order valence-electron chi connectivity index (χ1n) is 10.9. The number of amides is 1. The second-order valence-corrected chi connectivity index (χ2v) is 8.08. The van der Waals surface area contributed by atoms with Gasteiger partial charge in [-0.05, 0) is 55.0 Å². The normalized spacial score (nSPS) is 11.0. The van der Waals surface area contributed by atoms with Gasteiger partial charge in [0.25, 0.3) is 5.91 Å². The number of methoxy groups -OCH3 is 1. The molecule has 0 radical (unpaired) electrons. The Labute approximate surface area is 197 Å². The molecule has 0 saturated heterocycles. The van der Waals surface area contributed by atoms with E-state index >= 15 is 0 Å². The van der Waals surface area contributed by atoms with Crippen LogP contribution in [0.25, 0.3) is 21.9 Å². The molecule has 7 nitrogen and oxygen atoms in total. The number of nitrogens with one attached hydrogen (secondary N) is 1. The number of carbonyl (C=O) groups is 1. The SMILES string of the molecule is COc1ccc2c(Oc3cccc(C(=O)NCc4ccc5c(c4)ncn5C)c3C)ccnc2c1. The van der Waals surface area contributed by atoms with Gasteiger partial charge in [-0.1, -0.05) is 12.1 Å². The fourth-order valence-electron chi connectivity index (χ4n) is 3.98. The van der Waals surface area contributed by atoms with Gasteiger partial charge in [0.2, 0.25) is 0 Å². The summed E-state index contributed by atoms with van der Waals surface area (Å²) >= 11 is 0. The fourth-order valence-corrected chi connectivity index (χ4v) is 3.98. The first-order valence-corrected chi connectivity index (χ1v) is 10.9. The third kappa shape index (κ3) is 4.03. The molecular formula is C27H24N4O3. The maximum atomic E-state index is 13.0. The Balaban J connectivity index is 1.35. The number of pyridine rings is 1. The molecule has 2 heterocycles. The van der Waals surface area contributed by atoms with E-state index in [0.717, 1.165) is 38.8 Å². The first-order chi connectivity index (χ1) is 16.5. The Hall–Kier alpha value is -4.39. The Morgan fingerprint density at radius 3 is 2.74 bits per heavy atom. The average molecular weight is 453 g/mol. The molecule has 0 aliphatic heterocycles. The van der Waals surface area contributed by atoms with E-state index in [1.807, 2.05) is 73.1 Å². The topological polar surface area (TPSA) is 78.3 Å². The van der Waals surface area contributed by atoms with Crippen molar-refractivity contribution < 1.29 is 14.3 Å². The van der Waals surface area contributed by atoms with Crippen LogP contribution in [0.4, 0.5) is 0 Å². The van der Waals surface area contributed by atoms with Crippen LogP contribution in [0.15, 0.2) is 73.2 Å².